The Morgan fingerprint density at radius 1 is 1.35 bits per heavy atom. The highest BCUT2D eigenvalue weighted by molar-refractivity contribution is 14.1. The number of nitrogens with one attached hydrogen (secondary N) is 2. The van der Waals surface area contributed by atoms with Crippen LogP contribution < -0.4 is 15.5 Å². The van der Waals surface area contributed by atoms with Gasteiger partial charge in [0.05, 0.1) is 7.11 Å². The van der Waals surface area contributed by atoms with Crippen molar-refractivity contribution in [1.82, 2.24) is 10.6 Å². The van der Waals surface area contributed by atoms with E-state index in [4.69, 9.17) is 4.74 Å². The van der Waals surface area contributed by atoms with Crippen LogP contribution in [-0.4, -0.2) is 43.6 Å². The third-order valence-electron chi connectivity index (χ3n) is 4.42. The molecular formula is C15H16IN3O4. The summed E-state index contributed by atoms with van der Waals surface area (Å²) in [7, 11) is 1.29. The summed E-state index contributed by atoms with van der Waals surface area (Å²) in [5.74, 6) is -1.72. The maximum Gasteiger partial charge on any atom is 0.322 e. The second kappa shape index (κ2) is 5.99. The topological polar surface area (TPSA) is 87.7 Å². The third-order valence-corrected chi connectivity index (χ3v) is 5.14. The monoisotopic (exact) mass is 429 g/mol. The van der Waals surface area contributed by atoms with Crippen molar-refractivity contribution in [2.24, 2.45) is 5.92 Å². The number of ether oxygens (including phenoxy) is 1. The molecule has 2 saturated heterocycles. The molecule has 0 bridgehead atoms. The van der Waals surface area contributed by atoms with Crippen molar-refractivity contribution in [2.45, 2.75) is 12.0 Å². The van der Waals surface area contributed by atoms with Crippen molar-refractivity contribution in [2.75, 3.05) is 25.1 Å². The molecular weight excluding hydrogens is 413 g/mol. The van der Waals surface area contributed by atoms with E-state index in [-0.39, 0.29) is 0 Å². The number of carbonyl (C=O) groups is 3. The zero-order valence-corrected chi connectivity index (χ0v) is 14.6. The van der Waals surface area contributed by atoms with E-state index in [9.17, 15) is 14.4 Å². The Morgan fingerprint density at radius 3 is 2.61 bits per heavy atom. The fourth-order valence-corrected chi connectivity index (χ4v) is 3.54. The van der Waals surface area contributed by atoms with E-state index in [2.05, 4.69) is 33.2 Å². The molecule has 2 N–H and O–H groups in total. The number of rotatable bonds is 2. The van der Waals surface area contributed by atoms with Gasteiger partial charge in [0.15, 0.2) is 0 Å². The Kier molecular flexibility index (Phi) is 4.17. The van der Waals surface area contributed by atoms with Crippen LogP contribution in [0.3, 0.4) is 0 Å². The molecule has 2 fully saturated rings. The van der Waals surface area contributed by atoms with Crippen molar-refractivity contribution in [3.63, 3.8) is 0 Å². The Balaban J connectivity index is 1.90. The lowest BCUT2D eigenvalue weighted by Gasteiger charge is -2.43. The van der Waals surface area contributed by atoms with Crippen molar-refractivity contribution in [1.29, 1.82) is 0 Å². The van der Waals surface area contributed by atoms with E-state index in [1.165, 1.54) is 7.11 Å². The lowest BCUT2D eigenvalue weighted by molar-refractivity contribution is -0.151. The van der Waals surface area contributed by atoms with Crippen LogP contribution in [0.5, 0.6) is 0 Å². The molecule has 3 amide bonds. The molecule has 2 unspecified atom stereocenters. The average Bonchev–Trinajstić information content (AvgIpc) is 2.82. The zero-order chi connectivity index (χ0) is 16.6. The van der Waals surface area contributed by atoms with Gasteiger partial charge in [0.2, 0.25) is 0 Å². The summed E-state index contributed by atoms with van der Waals surface area (Å²) in [6, 6.07) is 7.35. The summed E-state index contributed by atoms with van der Waals surface area (Å²) in [6.45, 7) is 0.864. The maximum atomic E-state index is 12.3. The minimum absolute atomic E-state index is 0.307. The number of anilines is 1. The predicted octanol–water partition coefficient (Wildman–Crippen LogP) is 0.869. The molecule has 7 nitrogen and oxygen atoms in total. The molecule has 1 aromatic carbocycles. The third kappa shape index (κ3) is 2.75. The van der Waals surface area contributed by atoms with E-state index in [1.807, 2.05) is 29.2 Å². The Labute approximate surface area is 146 Å². The molecule has 2 aliphatic rings. The van der Waals surface area contributed by atoms with Gasteiger partial charge in [-0.25, -0.2) is 4.79 Å². The molecule has 0 radical (unpaired) electrons. The lowest BCUT2D eigenvalue weighted by Crippen LogP contribution is -2.63. The highest BCUT2D eigenvalue weighted by Gasteiger charge is 2.57. The molecule has 2 atom stereocenters. The molecule has 0 aliphatic carbocycles. The van der Waals surface area contributed by atoms with Gasteiger partial charge in [0.1, 0.15) is 11.5 Å². The van der Waals surface area contributed by atoms with Crippen LogP contribution in [0.2, 0.25) is 0 Å². The van der Waals surface area contributed by atoms with Gasteiger partial charge in [-0.3, -0.25) is 14.9 Å². The standard InChI is InChI=1S/C15H16IN3O4/c1-23-12(20)11-8-19(10-4-2-9(16)3-5-10)7-6-15(11)13(21)17-14(22)18-15/h2-5,11H,6-8H2,1H3,(H2,17,18,21,22). The number of hydrogen-bond acceptors (Lipinski definition) is 5. The quantitative estimate of drug-likeness (QED) is 0.414. The first kappa shape index (κ1) is 16.0. The lowest BCUT2D eigenvalue weighted by atomic mass is 9.77. The highest BCUT2D eigenvalue weighted by Crippen LogP contribution is 2.34. The smallest absolute Gasteiger partial charge is 0.322 e. The number of esters is 1. The summed E-state index contributed by atoms with van der Waals surface area (Å²) < 4.78 is 5.98. The van der Waals surface area contributed by atoms with Gasteiger partial charge in [0, 0.05) is 22.3 Å². The van der Waals surface area contributed by atoms with Gasteiger partial charge in [-0.1, -0.05) is 0 Å². The number of methoxy groups -OCH3 is 1. The molecule has 1 spiro atoms. The number of carbonyl (C=O) groups excluding carboxylic acids is 3. The normalized spacial score (nSPS) is 26.9. The van der Waals surface area contributed by atoms with E-state index >= 15 is 0 Å². The summed E-state index contributed by atoms with van der Waals surface area (Å²) in [5.41, 5.74) is -0.247. The molecule has 23 heavy (non-hydrogen) atoms. The van der Waals surface area contributed by atoms with Gasteiger partial charge in [-0.2, -0.15) is 0 Å². The summed E-state index contributed by atoms with van der Waals surface area (Å²) >= 11 is 2.23. The first-order valence-corrected chi connectivity index (χ1v) is 8.26. The van der Waals surface area contributed by atoms with Crippen molar-refractivity contribution in [3.8, 4) is 0 Å². The number of amides is 3. The highest BCUT2D eigenvalue weighted by atomic mass is 127. The van der Waals surface area contributed by atoms with Crippen molar-refractivity contribution < 1.29 is 19.1 Å². The number of hydrogen-bond donors (Lipinski definition) is 2. The first-order chi connectivity index (χ1) is 11.0. The van der Waals surface area contributed by atoms with Gasteiger partial charge >= 0.3 is 12.0 Å². The van der Waals surface area contributed by atoms with E-state index in [0.29, 0.717) is 19.5 Å². The van der Waals surface area contributed by atoms with E-state index < -0.39 is 29.4 Å². The van der Waals surface area contributed by atoms with Gasteiger partial charge in [0.25, 0.3) is 5.91 Å². The Bertz CT molecular complexity index is 663. The fourth-order valence-electron chi connectivity index (χ4n) is 3.18. The number of urea groups is 1. The Hall–Kier alpha value is -1.84. The van der Waals surface area contributed by atoms with Crippen molar-refractivity contribution in [3.05, 3.63) is 27.8 Å². The second-order valence-corrected chi connectivity index (χ2v) is 6.87. The van der Waals surface area contributed by atoms with E-state index in [0.717, 1.165) is 9.26 Å². The minimum atomic E-state index is -1.22. The van der Waals surface area contributed by atoms with Crippen LogP contribution in [0, 0.1) is 9.49 Å². The number of nitrogens with zero attached hydrogens (tertiary/aromatic N) is 1. The SMILES string of the molecule is COC(=O)C1CN(c2ccc(I)cc2)CCC12NC(=O)NC2=O. The fraction of sp³-hybridized carbons (Fsp3) is 0.400. The molecule has 122 valence electrons. The van der Waals surface area contributed by atoms with E-state index in [1.54, 1.807) is 0 Å². The molecule has 0 aromatic heterocycles. The molecule has 2 heterocycles. The van der Waals surface area contributed by atoms with Crippen LogP contribution in [0.25, 0.3) is 0 Å². The molecule has 0 saturated carbocycles. The van der Waals surface area contributed by atoms with Crippen LogP contribution in [0.15, 0.2) is 24.3 Å². The minimum Gasteiger partial charge on any atom is -0.469 e. The number of piperidine rings is 1. The molecule has 8 heteroatoms. The summed E-state index contributed by atoms with van der Waals surface area (Å²) in [4.78, 5) is 38.1. The van der Waals surface area contributed by atoms with Crippen LogP contribution in [0.1, 0.15) is 6.42 Å². The summed E-state index contributed by atoms with van der Waals surface area (Å²) in [5, 5.41) is 4.87. The molecule has 2 aliphatic heterocycles. The number of benzene rings is 1. The first-order valence-electron chi connectivity index (χ1n) is 7.18. The maximum absolute atomic E-state index is 12.3. The largest absolute Gasteiger partial charge is 0.469 e. The van der Waals surface area contributed by atoms with Crippen LogP contribution >= 0.6 is 22.6 Å². The zero-order valence-electron chi connectivity index (χ0n) is 12.5. The van der Waals surface area contributed by atoms with Crippen LogP contribution in [-0.2, 0) is 14.3 Å². The van der Waals surface area contributed by atoms with Crippen LogP contribution in [0.4, 0.5) is 10.5 Å². The van der Waals surface area contributed by atoms with Gasteiger partial charge in [-0.05, 0) is 53.3 Å². The van der Waals surface area contributed by atoms with Crippen molar-refractivity contribution >= 4 is 46.2 Å². The Morgan fingerprint density at radius 2 is 2.04 bits per heavy atom. The molecule has 1 aromatic rings. The van der Waals surface area contributed by atoms with Gasteiger partial charge < -0.3 is 15.0 Å². The van der Waals surface area contributed by atoms with Gasteiger partial charge in [-0.15, -0.1) is 0 Å². The second-order valence-electron chi connectivity index (χ2n) is 5.63. The number of imide groups is 1. The average molecular weight is 429 g/mol. The molecule has 3 rings (SSSR count). The predicted molar refractivity (Wildman–Crippen MR) is 90.9 cm³/mol. The number of halogens is 1. The summed E-state index contributed by atoms with van der Waals surface area (Å²) in [6.07, 6.45) is 0.344.